The first-order valence-corrected chi connectivity index (χ1v) is 9.41. The Hall–Kier alpha value is -3.68. The summed E-state index contributed by atoms with van der Waals surface area (Å²) in [6.45, 7) is -0.0477. The Morgan fingerprint density at radius 3 is 1.71 bits per heavy atom. The van der Waals surface area contributed by atoms with Crippen LogP contribution < -0.4 is 18.9 Å². The Balaban J connectivity index is 2.28. The van der Waals surface area contributed by atoms with Crippen LogP contribution >= 0.6 is 0 Å². The summed E-state index contributed by atoms with van der Waals surface area (Å²) in [4.78, 5) is 26.1. The summed E-state index contributed by atoms with van der Waals surface area (Å²) in [5.74, 6) is 1.47. The molecule has 0 spiro atoms. The largest absolute Gasteiger partial charge is 0.497 e. The van der Waals surface area contributed by atoms with Crippen molar-refractivity contribution in [2.45, 2.75) is 6.54 Å². The van der Waals surface area contributed by atoms with Crippen LogP contribution in [0, 0.1) is 0 Å². The van der Waals surface area contributed by atoms with Crippen molar-refractivity contribution in [2.75, 3.05) is 42.1 Å². The normalized spacial score (nSPS) is 10.5. The van der Waals surface area contributed by atoms with Gasteiger partial charge in [-0.25, -0.2) is 0 Å². The second-order valence-corrected chi connectivity index (χ2v) is 6.47. The van der Waals surface area contributed by atoms with E-state index in [-0.39, 0.29) is 19.0 Å². The Bertz CT molecular complexity index is 895. The number of carbonyl (C=O) groups excluding carboxylic acids is 2. The number of hydrogen-bond donors (Lipinski definition) is 0. The number of esters is 1. The highest BCUT2D eigenvalue weighted by Crippen LogP contribution is 2.25. The Morgan fingerprint density at radius 2 is 1.26 bits per heavy atom. The topological polar surface area (TPSA) is 83.5 Å². The Labute approximate surface area is 181 Å². The van der Waals surface area contributed by atoms with Gasteiger partial charge in [-0.05, 0) is 41.5 Å². The maximum atomic E-state index is 12.9. The van der Waals surface area contributed by atoms with Gasteiger partial charge in [0.2, 0.25) is 5.91 Å². The third-order valence-corrected chi connectivity index (χ3v) is 4.44. The van der Waals surface area contributed by atoms with Crippen LogP contribution in [-0.2, 0) is 20.9 Å². The fraction of sp³-hybridized carbons (Fsp3) is 0.304. The Morgan fingerprint density at radius 1 is 0.774 bits per heavy atom. The minimum absolute atomic E-state index is 0.160. The zero-order valence-electron chi connectivity index (χ0n) is 18.3. The van der Waals surface area contributed by atoms with E-state index in [4.69, 9.17) is 23.7 Å². The van der Waals surface area contributed by atoms with Crippen LogP contribution in [0.5, 0.6) is 23.0 Å². The number of rotatable bonds is 10. The minimum atomic E-state index is -0.528. The predicted molar refractivity (Wildman–Crippen MR) is 116 cm³/mol. The van der Waals surface area contributed by atoms with Crippen molar-refractivity contribution in [1.29, 1.82) is 0 Å². The van der Waals surface area contributed by atoms with E-state index >= 15 is 0 Å². The molecule has 2 rings (SSSR count). The summed E-state index contributed by atoms with van der Waals surface area (Å²) in [6, 6.07) is 10.5. The molecule has 0 saturated heterocycles. The maximum Gasteiger partial charge on any atom is 0.325 e. The van der Waals surface area contributed by atoms with Crippen LogP contribution in [0.15, 0.2) is 42.5 Å². The van der Waals surface area contributed by atoms with Gasteiger partial charge in [-0.3, -0.25) is 9.59 Å². The molecule has 0 N–H and O–H groups in total. The van der Waals surface area contributed by atoms with Crippen LogP contribution in [0.1, 0.15) is 11.1 Å². The van der Waals surface area contributed by atoms with Gasteiger partial charge in [0.05, 0.1) is 35.5 Å². The van der Waals surface area contributed by atoms with Gasteiger partial charge in [-0.1, -0.05) is 0 Å². The average molecular weight is 429 g/mol. The minimum Gasteiger partial charge on any atom is -0.497 e. The van der Waals surface area contributed by atoms with E-state index in [1.807, 2.05) is 0 Å². The van der Waals surface area contributed by atoms with Crippen LogP contribution in [0.2, 0.25) is 0 Å². The van der Waals surface area contributed by atoms with Crippen molar-refractivity contribution >= 4 is 18.0 Å². The summed E-state index contributed by atoms with van der Waals surface area (Å²) in [7, 11) is 7.46. The number of methoxy groups -OCH3 is 5. The van der Waals surface area contributed by atoms with Gasteiger partial charge in [-0.15, -0.1) is 0 Å². The van der Waals surface area contributed by atoms with Crippen LogP contribution in [0.4, 0.5) is 0 Å². The third kappa shape index (κ3) is 6.95. The molecule has 166 valence electrons. The number of benzene rings is 2. The molecule has 0 fully saturated rings. The van der Waals surface area contributed by atoms with Crippen molar-refractivity contribution in [3.63, 3.8) is 0 Å². The molecule has 0 aliphatic carbocycles. The average Bonchev–Trinajstić information content (AvgIpc) is 2.81. The lowest BCUT2D eigenvalue weighted by atomic mass is 10.1. The van der Waals surface area contributed by atoms with Gasteiger partial charge in [0.25, 0.3) is 0 Å². The van der Waals surface area contributed by atoms with Gasteiger partial charge in [-0.2, -0.15) is 0 Å². The zero-order chi connectivity index (χ0) is 22.8. The first-order chi connectivity index (χ1) is 14.9. The summed E-state index contributed by atoms with van der Waals surface area (Å²) >= 11 is 0. The lowest BCUT2D eigenvalue weighted by Gasteiger charge is -2.21. The Kier molecular flexibility index (Phi) is 8.75. The van der Waals surface area contributed by atoms with Gasteiger partial charge >= 0.3 is 5.97 Å². The highest BCUT2D eigenvalue weighted by molar-refractivity contribution is 5.93. The number of hydrogen-bond acceptors (Lipinski definition) is 7. The SMILES string of the molecule is COC(=O)CN(Cc1cc(OC)cc(OC)c1)C(=O)/C=C/c1cc(OC)cc(OC)c1. The molecule has 0 heterocycles. The van der Waals surface area contributed by atoms with E-state index in [2.05, 4.69) is 0 Å². The lowest BCUT2D eigenvalue weighted by Crippen LogP contribution is -2.34. The van der Waals surface area contributed by atoms with Crippen molar-refractivity contribution in [1.82, 2.24) is 4.90 Å². The molecular weight excluding hydrogens is 402 g/mol. The van der Waals surface area contributed by atoms with E-state index in [1.54, 1.807) is 70.9 Å². The van der Waals surface area contributed by atoms with Crippen molar-refractivity contribution in [3.05, 3.63) is 53.6 Å². The van der Waals surface area contributed by atoms with E-state index in [1.165, 1.54) is 18.1 Å². The van der Waals surface area contributed by atoms with Crippen LogP contribution in [0.25, 0.3) is 6.08 Å². The van der Waals surface area contributed by atoms with Gasteiger partial charge in [0, 0.05) is 24.8 Å². The molecule has 0 unspecified atom stereocenters. The molecule has 0 saturated carbocycles. The van der Waals surface area contributed by atoms with Crippen molar-refractivity contribution in [3.8, 4) is 23.0 Å². The molecule has 0 aliphatic heterocycles. The molecule has 0 atom stereocenters. The first-order valence-electron chi connectivity index (χ1n) is 9.41. The predicted octanol–water partition coefficient (Wildman–Crippen LogP) is 2.94. The maximum absolute atomic E-state index is 12.9. The number of ether oxygens (including phenoxy) is 5. The number of carbonyl (C=O) groups is 2. The second-order valence-electron chi connectivity index (χ2n) is 6.47. The molecule has 2 aromatic rings. The second kappa shape index (κ2) is 11.5. The summed E-state index contributed by atoms with van der Waals surface area (Å²) < 4.78 is 25.8. The summed E-state index contributed by atoms with van der Waals surface area (Å²) in [6.07, 6.45) is 3.01. The molecule has 1 amide bonds. The number of nitrogens with zero attached hydrogens (tertiary/aromatic N) is 1. The molecule has 0 aromatic heterocycles. The monoisotopic (exact) mass is 429 g/mol. The van der Waals surface area contributed by atoms with E-state index in [0.29, 0.717) is 28.6 Å². The number of amides is 1. The quantitative estimate of drug-likeness (QED) is 0.424. The third-order valence-electron chi connectivity index (χ3n) is 4.44. The molecule has 8 heteroatoms. The van der Waals surface area contributed by atoms with Gasteiger partial charge < -0.3 is 28.6 Å². The fourth-order valence-corrected chi connectivity index (χ4v) is 2.81. The van der Waals surface area contributed by atoms with E-state index in [0.717, 1.165) is 5.56 Å². The standard InChI is InChI=1S/C23H27NO7/c1-27-18-8-16(9-19(12-18)28-2)6-7-22(25)24(15-23(26)31-5)14-17-10-20(29-3)13-21(11-17)30-4/h6-13H,14-15H2,1-5H3/b7-6+. The van der Waals surface area contributed by atoms with Crippen LogP contribution in [0.3, 0.4) is 0 Å². The first kappa shape index (κ1) is 23.6. The highest BCUT2D eigenvalue weighted by atomic mass is 16.5. The lowest BCUT2D eigenvalue weighted by molar-refractivity contribution is -0.145. The fourth-order valence-electron chi connectivity index (χ4n) is 2.81. The zero-order valence-corrected chi connectivity index (χ0v) is 18.3. The highest BCUT2D eigenvalue weighted by Gasteiger charge is 2.17. The molecule has 2 aromatic carbocycles. The van der Waals surface area contributed by atoms with E-state index < -0.39 is 5.97 Å². The van der Waals surface area contributed by atoms with Gasteiger partial charge in [0.15, 0.2) is 0 Å². The molecule has 0 bridgehead atoms. The van der Waals surface area contributed by atoms with Crippen LogP contribution in [-0.4, -0.2) is 58.9 Å². The van der Waals surface area contributed by atoms with Crippen molar-refractivity contribution in [2.24, 2.45) is 0 Å². The van der Waals surface area contributed by atoms with Crippen molar-refractivity contribution < 1.29 is 33.3 Å². The molecule has 0 radical (unpaired) electrons. The summed E-state index contributed by atoms with van der Waals surface area (Å²) in [5, 5.41) is 0. The molecule has 8 nitrogen and oxygen atoms in total. The molecule has 31 heavy (non-hydrogen) atoms. The smallest absolute Gasteiger partial charge is 0.325 e. The summed E-state index contributed by atoms with van der Waals surface area (Å²) in [5.41, 5.74) is 1.45. The van der Waals surface area contributed by atoms with E-state index in [9.17, 15) is 9.59 Å². The molecule has 0 aliphatic rings. The molecular formula is C23H27NO7. The van der Waals surface area contributed by atoms with Gasteiger partial charge in [0.1, 0.15) is 29.5 Å².